The molecule has 1 fully saturated rings. The van der Waals surface area contributed by atoms with Gasteiger partial charge in [-0.25, -0.2) is 4.98 Å². The van der Waals surface area contributed by atoms with Crippen LogP contribution in [0.2, 0.25) is 0 Å². The minimum Gasteiger partial charge on any atom is -0.481 e. The number of pyridine rings is 1. The van der Waals surface area contributed by atoms with Gasteiger partial charge in [0.25, 0.3) is 0 Å². The summed E-state index contributed by atoms with van der Waals surface area (Å²) in [6, 6.07) is 3.58. The number of carbonyl (C=O) groups excluding carboxylic acids is 1. The zero-order chi connectivity index (χ0) is 12.8. The van der Waals surface area contributed by atoms with E-state index in [1.54, 1.807) is 19.4 Å². The Hall–Kier alpha value is -1.82. The van der Waals surface area contributed by atoms with Crippen molar-refractivity contribution in [3.8, 4) is 5.88 Å². The molecule has 1 saturated heterocycles. The first-order chi connectivity index (χ1) is 8.79. The largest absolute Gasteiger partial charge is 0.481 e. The normalized spacial score (nSPS) is 15.3. The first-order valence-electron chi connectivity index (χ1n) is 6.02. The van der Waals surface area contributed by atoms with Crippen LogP contribution >= 0.6 is 0 Å². The van der Waals surface area contributed by atoms with E-state index in [0.717, 1.165) is 31.9 Å². The number of piperazine rings is 1. The molecular formula is C12H18N4O2. The average molecular weight is 250 g/mol. The van der Waals surface area contributed by atoms with Crippen molar-refractivity contribution in [1.82, 2.24) is 15.2 Å². The molecule has 1 aromatic rings. The molecule has 0 atom stereocenters. The molecule has 0 unspecified atom stereocenters. The standard InChI is InChI=1S/C12H18N4O2/c1-18-11-8-10(2-3-14-11)15-9-12(17)16-6-4-13-5-7-16/h2-3,8,13H,4-7,9H2,1H3,(H,14,15). The van der Waals surface area contributed by atoms with Gasteiger partial charge in [-0.05, 0) is 6.07 Å². The number of ether oxygens (including phenoxy) is 1. The number of rotatable bonds is 4. The average Bonchev–Trinajstić information content (AvgIpc) is 2.46. The molecule has 6 nitrogen and oxygen atoms in total. The van der Waals surface area contributed by atoms with Crippen LogP contribution in [0.3, 0.4) is 0 Å². The fourth-order valence-electron chi connectivity index (χ4n) is 1.83. The Balaban J connectivity index is 1.84. The maximum absolute atomic E-state index is 11.9. The Labute approximate surface area is 106 Å². The number of nitrogens with zero attached hydrogens (tertiary/aromatic N) is 2. The lowest BCUT2D eigenvalue weighted by Gasteiger charge is -2.27. The van der Waals surface area contributed by atoms with Crippen LogP contribution in [0.15, 0.2) is 18.3 Å². The van der Waals surface area contributed by atoms with Crippen molar-refractivity contribution >= 4 is 11.6 Å². The monoisotopic (exact) mass is 250 g/mol. The van der Waals surface area contributed by atoms with Crippen molar-refractivity contribution in [2.24, 2.45) is 0 Å². The van der Waals surface area contributed by atoms with Gasteiger partial charge in [0.2, 0.25) is 11.8 Å². The Bertz CT molecular complexity index is 405. The summed E-state index contributed by atoms with van der Waals surface area (Å²) < 4.78 is 5.02. The second kappa shape index (κ2) is 6.20. The Kier molecular flexibility index (Phi) is 4.35. The number of hydrogen-bond donors (Lipinski definition) is 2. The highest BCUT2D eigenvalue weighted by Crippen LogP contribution is 2.12. The number of carbonyl (C=O) groups is 1. The Morgan fingerprint density at radius 3 is 3.06 bits per heavy atom. The predicted octanol–water partition coefficient (Wildman–Crippen LogP) is -0.0661. The second-order valence-corrected chi connectivity index (χ2v) is 4.07. The number of aromatic nitrogens is 1. The SMILES string of the molecule is COc1cc(NCC(=O)N2CCNCC2)ccn1. The highest BCUT2D eigenvalue weighted by molar-refractivity contribution is 5.81. The number of amides is 1. The summed E-state index contributed by atoms with van der Waals surface area (Å²) in [7, 11) is 1.57. The molecule has 2 N–H and O–H groups in total. The van der Waals surface area contributed by atoms with E-state index in [1.807, 2.05) is 11.0 Å². The van der Waals surface area contributed by atoms with Crippen LogP contribution in [0, 0.1) is 0 Å². The van der Waals surface area contributed by atoms with Crippen molar-refractivity contribution in [2.75, 3.05) is 45.2 Å². The van der Waals surface area contributed by atoms with E-state index in [2.05, 4.69) is 15.6 Å². The zero-order valence-corrected chi connectivity index (χ0v) is 10.5. The number of methoxy groups -OCH3 is 1. The van der Waals surface area contributed by atoms with E-state index in [1.165, 1.54) is 0 Å². The highest BCUT2D eigenvalue weighted by atomic mass is 16.5. The summed E-state index contributed by atoms with van der Waals surface area (Å²) in [5.74, 6) is 0.655. The molecule has 0 spiro atoms. The molecular weight excluding hydrogens is 232 g/mol. The molecule has 0 bridgehead atoms. The van der Waals surface area contributed by atoms with Gasteiger partial charge in [0, 0.05) is 44.1 Å². The van der Waals surface area contributed by atoms with Gasteiger partial charge in [0.15, 0.2) is 0 Å². The van der Waals surface area contributed by atoms with Crippen molar-refractivity contribution in [2.45, 2.75) is 0 Å². The predicted molar refractivity (Wildman–Crippen MR) is 68.7 cm³/mol. The van der Waals surface area contributed by atoms with Crippen molar-refractivity contribution in [3.05, 3.63) is 18.3 Å². The van der Waals surface area contributed by atoms with Gasteiger partial charge in [-0.3, -0.25) is 4.79 Å². The van der Waals surface area contributed by atoms with Crippen LogP contribution < -0.4 is 15.4 Å². The number of nitrogens with one attached hydrogen (secondary N) is 2. The van der Waals surface area contributed by atoms with E-state index in [0.29, 0.717) is 12.4 Å². The van der Waals surface area contributed by atoms with Gasteiger partial charge >= 0.3 is 0 Å². The van der Waals surface area contributed by atoms with Crippen LogP contribution in [-0.4, -0.2) is 55.6 Å². The lowest BCUT2D eigenvalue weighted by Crippen LogP contribution is -2.48. The molecule has 0 aliphatic carbocycles. The molecule has 0 aromatic carbocycles. The Morgan fingerprint density at radius 2 is 2.33 bits per heavy atom. The molecule has 1 aliphatic rings. The van der Waals surface area contributed by atoms with Crippen LogP contribution in [0.5, 0.6) is 5.88 Å². The fourth-order valence-corrected chi connectivity index (χ4v) is 1.83. The molecule has 18 heavy (non-hydrogen) atoms. The lowest BCUT2D eigenvalue weighted by atomic mass is 10.3. The van der Waals surface area contributed by atoms with Crippen molar-refractivity contribution in [1.29, 1.82) is 0 Å². The molecule has 1 aliphatic heterocycles. The van der Waals surface area contributed by atoms with Crippen LogP contribution in [0.1, 0.15) is 0 Å². The fraction of sp³-hybridized carbons (Fsp3) is 0.500. The molecule has 0 radical (unpaired) electrons. The summed E-state index contributed by atoms with van der Waals surface area (Å²) in [4.78, 5) is 17.8. The third-order valence-corrected chi connectivity index (χ3v) is 2.86. The van der Waals surface area contributed by atoms with Crippen LogP contribution in [-0.2, 0) is 4.79 Å². The van der Waals surface area contributed by atoms with Gasteiger partial charge < -0.3 is 20.3 Å². The summed E-state index contributed by atoms with van der Waals surface area (Å²) in [5.41, 5.74) is 0.838. The minimum atomic E-state index is 0.118. The minimum absolute atomic E-state index is 0.118. The number of hydrogen-bond acceptors (Lipinski definition) is 5. The number of anilines is 1. The van der Waals surface area contributed by atoms with E-state index in [-0.39, 0.29) is 5.91 Å². The smallest absolute Gasteiger partial charge is 0.241 e. The topological polar surface area (TPSA) is 66.5 Å². The van der Waals surface area contributed by atoms with Gasteiger partial charge in [0.05, 0.1) is 13.7 Å². The van der Waals surface area contributed by atoms with E-state index < -0.39 is 0 Å². The first-order valence-corrected chi connectivity index (χ1v) is 6.02. The Morgan fingerprint density at radius 1 is 1.56 bits per heavy atom. The summed E-state index contributed by atoms with van der Waals surface area (Å²) in [6.07, 6.45) is 1.65. The van der Waals surface area contributed by atoms with Gasteiger partial charge in [-0.15, -0.1) is 0 Å². The maximum atomic E-state index is 11.9. The van der Waals surface area contributed by atoms with E-state index in [9.17, 15) is 4.79 Å². The molecule has 2 rings (SSSR count). The summed E-state index contributed by atoms with van der Waals surface area (Å²) >= 11 is 0. The summed E-state index contributed by atoms with van der Waals surface area (Å²) in [6.45, 7) is 3.59. The molecule has 2 heterocycles. The van der Waals surface area contributed by atoms with E-state index >= 15 is 0 Å². The van der Waals surface area contributed by atoms with E-state index in [4.69, 9.17) is 4.74 Å². The van der Waals surface area contributed by atoms with Gasteiger partial charge in [-0.2, -0.15) is 0 Å². The molecule has 98 valence electrons. The van der Waals surface area contributed by atoms with Gasteiger partial charge in [-0.1, -0.05) is 0 Å². The third kappa shape index (κ3) is 3.33. The lowest BCUT2D eigenvalue weighted by molar-refractivity contribution is -0.129. The third-order valence-electron chi connectivity index (χ3n) is 2.86. The molecule has 6 heteroatoms. The van der Waals surface area contributed by atoms with Gasteiger partial charge in [0.1, 0.15) is 0 Å². The maximum Gasteiger partial charge on any atom is 0.241 e. The quantitative estimate of drug-likeness (QED) is 0.783. The van der Waals surface area contributed by atoms with Crippen LogP contribution in [0.4, 0.5) is 5.69 Å². The molecule has 1 aromatic heterocycles. The highest BCUT2D eigenvalue weighted by Gasteiger charge is 2.15. The molecule has 0 saturated carbocycles. The first kappa shape index (κ1) is 12.6. The zero-order valence-electron chi connectivity index (χ0n) is 10.5. The second-order valence-electron chi connectivity index (χ2n) is 4.07. The molecule has 1 amide bonds. The summed E-state index contributed by atoms with van der Waals surface area (Å²) in [5, 5.41) is 6.30. The van der Waals surface area contributed by atoms with Crippen molar-refractivity contribution in [3.63, 3.8) is 0 Å². The van der Waals surface area contributed by atoms with Crippen LogP contribution in [0.25, 0.3) is 0 Å². The van der Waals surface area contributed by atoms with Crippen molar-refractivity contribution < 1.29 is 9.53 Å².